The topological polar surface area (TPSA) is 36.4 Å². The second-order valence-corrected chi connectivity index (χ2v) is 5.36. The van der Waals surface area contributed by atoms with Crippen molar-refractivity contribution in [2.24, 2.45) is 0 Å². The van der Waals surface area contributed by atoms with E-state index in [-0.39, 0.29) is 6.61 Å². The van der Waals surface area contributed by atoms with Crippen LogP contribution in [0.25, 0.3) is 0 Å². The quantitative estimate of drug-likeness (QED) is 0.870. The van der Waals surface area contributed by atoms with Gasteiger partial charge in [-0.1, -0.05) is 25.3 Å². The van der Waals surface area contributed by atoms with E-state index in [1.165, 1.54) is 43.2 Å². The Morgan fingerprint density at radius 1 is 1.28 bits per heavy atom. The monoisotopic (exact) mass is 248 g/mol. The van der Waals surface area contributed by atoms with Crippen molar-refractivity contribution >= 4 is 0 Å². The van der Waals surface area contributed by atoms with E-state index < -0.39 is 0 Å². The molecule has 0 spiro atoms. The zero-order valence-corrected chi connectivity index (χ0v) is 11.3. The van der Waals surface area contributed by atoms with Gasteiger partial charge in [0, 0.05) is 31.5 Å². The molecule has 100 valence electrons. The van der Waals surface area contributed by atoms with E-state index in [9.17, 15) is 5.11 Å². The summed E-state index contributed by atoms with van der Waals surface area (Å²) in [6.45, 7) is 4.02. The molecule has 3 nitrogen and oxygen atoms in total. The Labute approximate surface area is 110 Å². The van der Waals surface area contributed by atoms with Gasteiger partial charge >= 0.3 is 0 Å². The third kappa shape index (κ3) is 3.79. The summed E-state index contributed by atoms with van der Waals surface area (Å²) < 4.78 is 0. The van der Waals surface area contributed by atoms with Crippen molar-refractivity contribution in [1.82, 2.24) is 9.88 Å². The highest BCUT2D eigenvalue weighted by Crippen LogP contribution is 2.23. The number of pyridine rings is 1. The molecule has 0 aliphatic heterocycles. The summed E-state index contributed by atoms with van der Waals surface area (Å²) in [6, 6.07) is 2.84. The minimum Gasteiger partial charge on any atom is -0.395 e. The van der Waals surface area contributed by atoms with Crippen molar-refractivity contribution < 1.29 is 5.11 Å². The predicted molar refractivity (Wildman–Crippen MR) is 73.3 cm³/mol. The van der Waals surface area contributed by atoms with Gasteiger partial charge in [0.1, 0.15) is 0 Å². The van der Waals surface area contributed by atoms with Gasteiger partial charge in [-0.3, -0.25) is 9.88 Å². The molecule has 1 aliphatic carbocycles. The van der Waals surface area contributed by atoms with Crippen LogP contribution in [-0.2, 0) is 6.54 Å². The largest absolute Gasteiger partial charge is 0.395 e. The highest BCUT2D eigenvalue weighted by Gasteiger charge is 2.20. The molecule has 1 N–H and O–H groups in total. The first-order valence-corrected chi connectivity index (χ1v) is 7.05. The standard InChI is InChI=1S/C15H24N2O/c1-13-9-14(11-16-10-13)12-17(7-8-18)15-5-3-2-4-6-15/h9-11,15,18H,2-8,12H2,1H3. The van der Waals surface area contributed by atoms with E-state index in [4.69, 9.17) is 0 Å². The van der Waals surface area contributed by atoms with Crippen LogP contribution in [-0.4, -0.2) is 34.2 Å². The minimum absolute atomic E-state index is 0.246. The smallest absolute Gasteiger partial charge is 0.0558 e. The molecule has 0 aromatic carbocycles. The molecule has 1 fully saturated rings. The second kappa shape index (κ2) is 6.86. The van der Waals surface area contributed by atoms with Crippen molar-refractivity contribution in [2.45, 2.75) is 51.6 Å². The predicted octanol–water partition coefficient (Wildman–Crippen LogP) is 2.52. The molecule has 1 heterocycles. The lowest BCUT2D eigenvalue weighted by atomic mass is 9.94. The van der Waals surface area contributed by atoms with Gasteiger partial charge in [0.25, 0.3) is 0 Å². The van der Waals surface area contributed by atoms with Crippen LogP contribution >= 0.6 is 0 Å². The van der Waals surface area contributed by atoms with E-state index in [2.05, 4.69) is 22.9 Å². The van der Waals surface area contributed by atoms with E-state index in [0.717, 1.165) is 13.1 Å². The number of hydrogen-bond donors (Lipinski definition) is 1. The van der Waals surface area contributed by atoms with Gasteiger partial charge in [0.05, 0.1) is 6.61 Å². The minimum atomic E-state index is 0.246. The lowest BCUT2D eigenvalue weighted by Gasteiger charge is -2.34. The van der Waals surface area contributed by atoms with Crippen LogP contribution in [0.1, 0.15) is 43.2 Å². The van der Waals surface area contributed by atoms with Gasteiger partial charge in [-0.2, -0.15) is 0 Å². The van der Waals surface area contributed by atoms with Crippen molar-refractivity contribution in [2.75, 3.05) is 13.2 Å². The van der Waals surface area contributed by atoms with Gasteiger partial charge in [-0.05, 0) is 30.9 Å². The molecule has 0 radical (unpaired) electrons. The molecule has 0 bridgehead atoms. The van der Waals surface area contributed by atoms with Crippen LogP contribution in [0.2, 0.25) is 0 Å². The number of hydrogen-bond acceptors (Lipinski definition) is 3. The lowest BCUT2D eigenvalue weighted by Crippen LogP contribution is -2.38. The molecular weight excluding hydrogens is 224 g/mol. The third-order valence-electron chi connectivity index (χ3n) is 3.80. The summed E-state index contributed by atoms with van der Waals surface area (Å²) in [4.78, 5) is 6.68. The molecule has 1 aromatic rings. The van der Waals surface area contributed by atoms with Gasteiger partial charge in [-0.15, -0.1) is 0 Å². The van der Waals surface area contributed by atoms with Crippen LogP contribution < -0.4 is 0 Å². The normalized spacial score (nSPS) is 17.3. The number of aryl methyl sites for hydroxylation is 1. The highest BCUT2D eigenvalue weighted by atomic mass is 16.3. The zero-order valence-electron chi connectivity index (χ0n) is 11.3. The fraction of sp³-hybridized carbons (Fsp3) is 0.667. The molecule has 1 aliphatic rings. The molecule has 3 heteroatoms. The molecule has 0 unspecified atom stereocenters. The van der Waals surface area contributed by atoms with Crippen LogP contribution in [0.4, 0.5) is 0 Å². The Morgan fingerprint density at radius 2 is 2.06 bits per heavy atom. The maximum absolute atomic E-state index is 9.24. The van der Waals surface area contributed by atoms with Gasteiger partial charge in [0.2, 0.25) is 0 Å². The zero-order chi connectivity index (χ0) is 12.8. The van der Waals surface area contributed by atoms with Crippen molar-refractivity contribution in [1.29, 1.82) is 0 Å². The molecule has 2 rings (SSSR count). The SMILES string of the molecule is Cc1cncc(CN(CCO)C2CCCCC2)c1. The van der Waals surface area contributed by atoms with Crippen molar-refractivity contribution in [3.63, 3.8) is 0 Å². The maximum Gasteiger partial charge on any atom is 0.0558 e. The first kappa shape index (κ1) is 13.5. The molecule has 1 saturated carbocycles. The highest BCUT2D eigenvalue weighted by molar-refractivity contribution is 5.16. The number of aliphatic hydroxyl groups is 1. The fourth-order valence-electron chi connectivity index (χ4n) is 2.90. The van der Waals surface area contributed by atoms with E-state index in [1.54, 1.807) is 0 Å². The summed E-state index contributed by atoms with van der Waals surface area (Å²) in [5.74, 6) is 0. The molecule has 1 aromatic heterocycles. The molecular formula is C15H24N2O. The average molecular weight is 248 g/mol. The summed E-state index contributed by atoms with van der Waals surface area (Å²) in [5, 5.41) is 9.24. The first-order chi connectivity index (χ1) is 8.79. The molecule has 0 atom stereocenters. The van der Waals surface area contributed by atoms with Gasteiger partial charge in [-0.25, -0.2) is 0 Å². The third-order valence-corrected chi connectivity index (χ3v) is 3.80. The van der Waals surface area contributed by atoms with Crippen molar-refractivity contribution in [3.8, 4) is 0 Å². The Kier molecular flexibility index (Phi) is 5.14. The van der Waals surface area contributed by atoms with Crippen LogP contribution in [0, 0.1) is 6.92 Å². The average Bonchev–Trinajstić information content (AvgIpc) is 2.39. The van der Waals surface area contributed by atoms with Crippen molar-refractivity contribution in [3.05, 3.63) is 29.6 Å². The molecule has 0 amide bonds. The first-order valence-electron chi connectivity index (χ1n) is 7.05. The fourth-order valence-corrected chi connectivity index (χ4v) is 2.90. The van der Waals surface area contributed by atoms with Gasteiger partial charge in [0.15, 0.2) is 0 Å². The van der Waals surface area contributed by atoms with Crippen LogP contribution in [0.3, 0.4) is 0 Å². The summed E-state index contributed by atoms with van der Waals surface area (Å²) in [5.41, 5.74) is 2.47. The Bertz CT molecular complexity index is 361. The number of rotatable bonds is 5. The van der Waals surface area contributed by atoms with Crippen LogP contribution in [0.5, 0.6) is 0 Å². The number of aliphatic hydroxyl groups excluding tert-OH is 1. The van der Waals surface area contributed by atoms with E-state index in [1.807, 2.05) is 12.4 Å². The Hall–Kier alpha value is -0.930. The Balaban J connectivity index is 2.00. The number of aromatic nitrogens is 1. The molecule has 0 saturated heterocycles. The summed E-state index contributed by atoms with van der Waals surface area (Å²) in [6.07, 6.45) is 10.4. The van der Waals surface area contributed by atoms with Crippen LogP contribution in [0.15, 0.2) is 18.5 Å². The second-order valence-electron chi connectivity index (χ2n) is 5.36. The summed E-state index contributed by atoms with van der Waals surface area (Å²) in [7, 11) is 0. The number of nitrogens with zero attached hydrogens (tertiary/aromatic N) is 2. The molecule has 18 heavy (non-hydrogen) atoms. The van der Waals surface area contributed by atoms with Gasteiger partial charge < -0.3 is 5.11 Å². The van der Waals surface area contributed by atoms with E-state index in [0.29, 0.717) is 6.04 Å². The summed E-state index contributed by atoms with van der Waals surface area (Å²) >= 11 is 0. The lowest BCUT2D eigenvalue weighted by molar-refractivity contribution is 0.117. The maximum atomic E-state index is 9.24. The van der Waals surface area contributed by atoms with E-state index >= 15 is 0 Å². The Morgan fingerprint density at radius 3 is 2.72 bits per heavy atom.